The van der Waals surface area contributed by atoms with E-state index in [0.29, 0.717) is 18.7 Å². The Kier molecular flexibility index (Phi) is 8.55. The van der Waals surface area contributed by atoms with Gasteiger partial charge in [-0.1, -0.05) is 23.3 Å². The molecule has 1 aromatic carbocycles. The number of rotatable bonds is 9. The molecule has 0 heterocycles. The van der Waals surface area contributed by atoms with E-state index >= 15 is 0 Å². The van der Waals surface area contributed by atoms with Crippen molar-refractivity contribution in [2.24, 2.45) is 0 Å². The summed E-state index contributed by atoms with van der Waals surface area (Å²) in [7, 11) is 0. The number of hydrogen-bond acceptors (Lipinski definition) is 3. The number of Topliss-reactive ketones (excluding diaryl/α,β-unsaturated/α-hetero) is 1. The minimum Gasteiger partial charge on any atom is -0.378 e. The Hall–Kier alpha value is -2.36. The number of amides is 1. The van der Waals surface area contributed by atoms with Gasteiger partial charge >= 0.3 is 0 Å². The van der Waals surface area contributed by atoms with Crippen LogP contribution in [0.4, 0.5) is 5.69 Å². The smallest absolute Gasteiger partial charge is 0.251 e. The lowest BCUT2D eigenvalue weighted by Gasteiger charge is -2.06. The zero-order chi connectivity index (χ0) is 17.9. The molecular weight excluding hydrogens is 300 g/mol. The van der Waals surface area contributed by atoms with Gasteiger partial charge in [0.2, 0.25) is 0 Å². The second-order valence-corrected chi connectivity index (χ2v) is 6.21. The predicted molar refractivity (Wildman–Crippen MR) is 100 cm³/mol. The van der Waals surface area contributed by atoms with E-state index in [2.05, 4.69) is 43.6 Å². The Morgan fingerprint density at radius 3 is 2.25 bits per heavy atom. The van der Waals surface area contributed by atoms with Gasteiger partial charge in [-0.2, -0.15) is 0 Å². The summed E-state index contributed by atoms with van der Waals surface area (Å²) in [6, 6.07) is 7.11. The van der Waals surface area contributed by atoms with Crippen LogP contribution in [0.2, 0.25) is 0 Å². The Bertz CT molecular complexity index is 609. The zero-order valence-electron chi connectivity index (χ0n) is 15.1. The molecule has 0 aliphatic rings. The van der Waals surface area contributed by atoms with E-state index in [-0.39, 0.29) is 11.7 Å². The van der Waals surface area contributed by atoms with Crippen LogP contribution in [0.5, 0.6) is 0 Å². The molecule has 4 nitrogen and oxygen atoms in total. The minimum absolute atomic E-state index is 0.0727. The second kappa shape index (κ2) is 10.4. The van der Waals surface area contributed by atoms with Crippen molar-refractivity contribution < 1.29 is 9.59 Å². The molecule has 1 rings (SSSR count). The third-order valence-electron chi connectivity index (χ3n) is 3.49. The van der Waals surface area contributed by atoms with Crippen molar-refractivity contribution >= 4 is 17.4 Å². The first-order valence-corrected chi connectivity index (χ1v) is 8.29. The predicted octanol–water partition coefficient (Wildman–Crippen LogP) is 4.11. The Balaban J connectivity index is 2.42. The summed E-state index contributed by atoms with van der Waals surface area (Å²) in [5.74, 6) is -0.0231. The maximum atomic E-state index is 12.1. The molecule has 0 atom stereocenters. The first-order valence-electron chi connectivity index (χ1n) is 8.29. The van der Waals surface area contributed by atoms with Crippen molar-refractivity contribution in [2.75, 3.05) is 18.4 Å². The molecule has 0 aromatic heterocycles. The minimum atomic E-state index is -0.0959. The summed E-state index contributed by atoms with van der Waals surface area (Å²) < 4.78 is 0. The van der Waals surface area contributed by atoms with Crippen molar-refractivity contribution in [1.29, 1.82) is 0 Å². The van der Waals surface area contributed by atoms with E-state index in [0.717, 1.165) is 18.5 Å². The van der Waals surface area contributed by atoms with Crippen LogP contribution in [0.15, 0.2) is 47.6 Å². The van der Waals surface area contributed by atoms with Gasteiger partial charge in [0.05, 0.1) is 6.54 Å². The molecule has 0 unspecified atom stereocenters. The van der Waals surface area contributed by atoms with Crippen LogP contribution >= 0.6 is 0 Å². The highest BCUT2D eigenvalue weighted by Crippen LogP contribution is 2.09. The average molecular weight is 328 g/mol. The van der Waals surface area contributed by atoms with Crippen molar-refractivity contribution in [3.8, 4) is 0 Å². The van der Waals surface area contributed by atoms with E-state index in [1.54, 1.807) is 24.3 Å². The molecule has 1 aromatic rings. The summed E-state index contributed by atoms with van der Waals surface area (Å²) >= 11 is 0. The maximum absolute atomic E-state index is 12.1. The Morgan fingerprint density at radius 2 is 1.67 bits per heavy atom. The summed E-state index contributed by atoms with van der Waals surface area (Å²) in [6.07, 6.45) is 6.32. The number of benzene rings is 1. The van der Waals surface area contributed by atoms with Crippen molar-refractivity contribution in [3.63, 3.8) is 0 Å². The standard InChI is InChI=1S/C20H28N2O2/c1-15(2)6-5-7-16(3)12-13-21-20(24)18-8-10-19(11-9-18)22-14-17(4)23/h6,8-12,22H,5,7,13-14H2,1-4H3,(H,21,24). The van der Waals surface area contributed by atoms with Crippen LogP contribution in [0.3, 0.4) is 0 Å². The largest absolute Gasteiger partial charge is 0.378 e. The number of nitrogens with one attached hydrogen (secondary N) is 2. The highest BCUT2D eigenvalue weighted by molar-refractivity contribution is 5.94. The van der Waals surface area contributed by atoms with Gasteiger partial charge in [-0.25, -0.2) is 0 Å². The maximum Gasteiger partial charge on any atom is 0.251 e. The van der Waals surface area contributed by atoms with Crippen LogP contribution in [-0.4, -0.2) is 24.8 Å². The molecule has 0 aliphatic heterocycles. The van der Waals surface area contributed by atoms with Crippen LogP contribution in [0.25, 0.3) is 0 Å². The number of carbonyl (C=O) groups excluding carboxylic acids is 2. The van der Waals surface area contributed by atoms with Crippen LogP contribution in [0, 0.1) is 0 Å². The molecule has 0 aliphatic carbocycles. The summed E-state index contributed by atoms with van der Waals surface area (Å²) in [5, 5.41) is 5.89. The molecule has 2 N–H and O–H groups in total. The zero-order valence-corrected chi connectivity index (χ0v) is 15.1. The van der Waals surface area contributed by atoms with E-state index in [1.807, 2.05) is 0 Å². The molecule has 0 bridgehead atoms. The molecule has 0 saturated heterocycles. The highest BCUT2D eigenvalue weighted by atomic mass is 16.1. The van der Waals surface area contributed by atoms with Crippen molar-refractivity contribution in [2.45, 2.75) is 40.5 Å². The van der Waals surface area contributed by atoms with Crippen LogP contribution < -0.4 is 10.6 Å². The van der Waals surface area contributed by atoms with E-state index < -0.39 is 0 Å². The first-order chi connectivity index (χ1) is 11.4. The van der Waals surface area contributed by atoms with E-state index in [4.69, 9.17) is 0 Å². The van der Waals surface area contributed by atoms with Gasteiger partial charge in [-0.05, 0) is 64.8 Å². The first kappa shape index (κ1) is 19.7. The molecule has 0 spiro atoms. The van der Waals surface area contributed by atoms with E-state index in [1.165, 1.54) is 18.1 Å². The normalized spacial score (nSPS) is 10.9. The van der Waals surface area contributed by atoms with Crippen molar-refractivity contribution in [1.82, 2.24) is 5.32 Å². The molecule has 4 heteroatoms. The lowest BCUT2D eigenvalue weighted by molar-refractivity contribution is -0.115. The third kappa shape index (κ3) is 8.32. The summed E-state index contributed by atoms with van der Waals surface area (Å²) in [5.41, 5.74) is 4.05. The lowest BCUT2D eigenvalue weighted by Crippen LogP contribution is -2.23. The fraction of sp³-hybridized carbons (Fsp3) is 0.400. The molecular formula is C20H28N2O2. The fourth-order valence-corrected chi connectivity index (χ4v) is 2.08. The molecule has 0 saturated carbocycles. The van der Waals surface area contributed by atoms with Crippen LogP contribution in [-0.2, 0) is 4.79 Å². The Morgan fingerprint density at radius 1 is 1.00 bits per heavy atom. The number of anilines is 1. The third-order valence-corrected chi connectivity index (χ3v) is 3.49. The van der Waals surface area contributed by atoms with Gasteiger partial charge in [-0.3, -0.25) is 9.59 Å². The lowest BCUT2D eigenvalue weighted by atomic mass is 10.1. The Labute approximate surface area is 145 Å². The molecule has 24 heavy (non-hydrogen) atoms. The molecule has 0 fully saturated rings. The SMILES string of the molecule is CC(=O)CNc1ccc(C(=O)NCC=C(C)CCC=C(C)C)cc1. The summed E-state index contributed by atoms with van der Waals surface area (Å²) in [4.78, 5) is 23.0. The van der Waals surface area contributed by atoms with Gasteiger partial charge in [0.15, 0.2) is 0 Å². The van der Waals surface area contributed by atoms with Gasteiger partial charge in [0, 0.05) is 17.8 Å². The molecule has 1 amide bonds. The topological polar surface area (TPSA) is 58.2 Å². The van der Waals surface area contributed by atoms with Crippen LogP contribution in [0.1, 0.15) is 50.9 Å². The van der Waals surface area contributed by atoms with Gasteiger partial charge in [0.25, 0.3) is 5.91 Å². The van der Waals surface area contributed by atoms with Gasteiger partial charge < -0.3 is 10.6 Å². The average Bonchev–Trinajstić information content (AvgIpc) is 2.53. The summed E-state index contributed by atoms with van der Waals surface area (Å²) in [6.45, 7) is 8.64. The van der Waals surface area contributed by atoms with E-state index in [9.17, 15) is 9.59 Å². The monoisotopic (exact) mass is 328 g/mol. The molecule has 0 radical (unpaired) electrons. The number of ketones is 1. The molecule has 130 valence electrons. The van der Waals surface area contributed by atoms with Gasteiger partial charge in [0.1, 0.15) is 5.78 Å². The number of allylic oxidation sites excluding steroid dienone is 3. The van der Waals surface area contributed by atoms with Crippen molar-refractivity contribution in [3.05, 3.63) is 53.1 Å². The number of carbonyl (C=O) groups is 2. The van der Waals surface area contributed by atoms with Gasteiger partial charge in [-0.15, -0.1) is 0 Å². The highest BCUT2D eigenvalue weighted by Gasteiger charge is 2.04. The fourth-order valence-electron chi connectivity index (χ4n) is 2.08. The second-order valence-electron chi connectivity index (χ2n) is 6.21. The quantitative estimate of drug-likeness (QED) is 0.671. The number of hydrogen-bond donors (Lipinski definition) is 2.